The lowest BCUT2D eigenvalue weighted by molar-refractivity contribution is -0.00234. The van der Waals surface area contributed by atoms with E-state index >= 15 is 0 Å². The summed E-state index contributed by atoms with van der Waals surface area (Å²) < 4.78 is 45.7. The monoisotopic (exact) mass is 345 g/mol. The quantitative estimate of drug-likeness (QED) is 0.823. The van der Waals surface area contributed by atoms with E-state index in [9.17, 15) is 18.0 Å². The molecule has 0 unspecified atom stereocenters. The second-order valence-electron chi connectivity index (χ2n) is 6.93. The number of amides is 1. The Morgan fingerprint density at radius 2 is 2.12 bits per heavy atom. The van der Waals surface area contributed by atoms with Crippen LogP contribution >= 0.6 is 0 Å². The number of likely N-dealkylation sites (tertiary alicyclic amines) is 1. The number of alkyl halides is 2. The number of benzene rings is 1. The van der Waals surface area contributed by atoms with Crippen molar-refractivity contribution < 1.29 is 22.7 Å². The molecule has 1 amide bonds. The Bertz CT molecular complexity index is 617. The SMILES string of the molecule is CC(C)(C)OC(=O)N1CC(F)(F)C[C@H]1CNc1ccc(F)cc1N. The number of hydrogen-bond donors (Lipinski definition) is 2. The number of nitrogens with zero attached hydrogens (tertiary/aromatic N) is 1. The molecule has 24 heavy (non-hydrogen) atoms. The Kier molecular flexibility index (Phi) is 4.87. The maximum absolute atomic E-state index is 13.7. The molecule has 1 aromatic rings. The van der Waals surface area contributed by atoms with Crippen molar-refractivity contribution in [2.45, 2.75) is 44.8 Å². The molecule has 0 bridgehead atoms. The summed E-state index contributed by atoms with van der Waals surface area (Å²) in [6.45, 7) is 4.39. The zero-order valence-corrected chi connectivity index (χ0v) is 13.9. The predicted molar refractivity (Wildman–Crippen MR) is 85.6 cm³/mol. The Labute approximate surface area is 138 Å². The van der Waals surface area contributed by atoms with Gasteiger partial charge in [-0.3, -0.25) is 4.90 Å². The summed E-state index contributed by atoms with van der Waals surface area (Å²) in [6.07, 6.45) is -1.25. The number of carbonyl (C=O) groups excluding carboxylic acids is 1. The highest BCUT2D eigenvalue weighted by Gasteiger charge is 2.48. The van der Waals surface area contributed by atoms with Crippen molar-refractivity contribution in [2.24, 2.45) is 0 Å². The van der Waals surface area contributed by atoms with Gasteiger partial charge in [-0.2, -0.15) is 0 Å². The van der Waals surface area contributed by atoms with Gasteiger partial charge in [0.1, 0.15) is 11.4 Å². The van der Waals surface area contributed by atoms with E-state index in [1.54, 1.807) is 20.8 Å². The van der Waals surface area contributed by atoms with Crippen molar-refractivity contribution in [1.29, 1.82) is 0 Å². The van der Waals surface area contributed by atoms with Gasteiger partial charge in [-0.25, -0.2) is 18.0 Å². The Balaban J connectivity index is 2.07. The van der Waals surface area contributed by atoms with Crippen molar-refractivity contribution in [3.63, 3.8) is 0 Å². The third-order valence-electron chi connectivity index (χ3n) is 3.55. The highest BCUT2D eigenvalue weighted by Crippen LogP contribution is 2.33. The molecule has 0 saturated carbocycles. The highest BCUT2D eigenvalue weighted by atomic mass is 19.3. The molecule has 1 aliphatic rings. The van der Waals surface area contributed by atoms with Gasteiger partial charge in [-0.15, -0.1) is 0 Å². The first kappa shape index (κ1) is 18.2. The molecule has 1 fully saturated rings. The average molecular weight is 345 g/mol. The number of halogens is 3. The predicted octanol–water partition coefficient (Wildman–Crippen LogP) is 3.46. The van der Waals surface area contributed by atoms with Crippen LogP contribution < -0.4 is 11.1 Å². The van der Waals surface area contributed by atoms with E-state index in [1.807, 2.05) is 0 Å². The molecule has 2 rings (SSSR count). The fourth-order valence-electron chi connectivity index (χ4n) is 2.54. The summed E-state index contributed by atoms with van der Waals surface area (Å²) in [7, 11) is 0. The first-order valence-electron chi connectivity index (χ1n) is 7.63. The van der Waals surface area contributed by atoms with Crippen molar-refractivity contribution in [1.82, 2.24) is 4.90 Å². The normalized spacial score (nSPS) is 20.1. The minimum atomic E-state index is -2.97. The molecule has 5 nitrogen and oxygen atoms in total. The van der Waals surface area contributed by atoms with Crippen molar-refractivity contribution >= 4 is 17.5 Å². The molecule has 134 valence electrons. The van der Waals surface area contributed by atoms with Crippen LogP contribution in [0.2, 0.25) is 0 Å². The molecular weight excluding hydrogens is 323 g/mol. The van der Waals surface area contributed by atoms with E-state index < -0.39 is 42.4 Å². The lowest BCUT2D eigenvalue weighted by Gasteiger charge is -2.28. The van der Waals surface area contributed by atoms with E-state index in [1.165, 1.54) is 12.1 Å². The van der Waals surface area contributed by atoms with Crippen molar-refractivity contribution in [3.8, 4) is 0 Å². The topological polar surface area (TPSA) is 67.6 Å². The van der Waals surface area contributed by atoms with Crippen molar-refractivity contribution in [3.05, 3.63) is 24.0 Å². The summed E-state index contributed by atoms with van der Waals surface area (Å²) in [5.41, 5.74) is 5.51. The number of hydrogen-bond acceptors (Lipinski definition) is 4. The summed E-state index contributed by atoms with van der Waals surface area (Å²) in [4.78, 5) is 13.2. The summed E-state index contributed by atoms with van der Waals surface area (Å²) in [5.74, 6) is -3.46. The minimum absolute atomic E-state index is 0.0602. The first-order valence-corrected chi connectivity index (χ1v) is 7.63. The molecule has 3 N–H and O–H groups in total. The summed E-state index contributed by atoms with van der Waals surface area (Å²) in [6, 6.07) is 3.03. The fourth-order valence-corrected chi connectivity index (χ4v) is 2.54. The fraction of sp³-hybridized carbons (Fsp3) is 0.562. The van der Waals surface area contributed by atoms with Crippen LogP contribution in [0.3, 0.4) is 0 Å². The van der Waals surface area contributed by atoms with Gasteiger partial charge in [0.2, 0.25) is 0 Å². The van der Waals surface area contributed by atoms with E-state index in [2.05, 4.69) is 5.32 Å². The van der Waals surface area contributed by atoms with Gasteiger partial charge in [0.25, 0.3) is 5.92 Å². The third kappa shape index (κ3) is 4.69. The van der Waals surface area contributed by atoms with E-state index in [0.29, 0.717) is 5.69 Å². The van der Waals surface area contributed by atoms with Crippen molar-refractivity contribution in [2.75, 3.05) is 24.1 Å². The zero-order chi connectivity index (χ0) is 18.1. The van der Waals surface area contributed by atoms with Gasteiger partial charge in [-0.1, -0.05) is 0 Å². The Hall–Kier alpha value is -2.12. The van der Waals surface area contributed by atoms with E-state index in [4.69, 9.17) is 10.5 Å². The number of carbonyl (C=O) groups is 1. The Morgan fingerprint density at radius 3 is 2.71 bits per heavy atom. The second-order valence-corrected chi connectivity index (χ2v) is 6.93. The first-order chi connectivity index (χ1) is 11.0. The zero-order valence-electron chi connectivity index (χ0n) is 13.9. The van der Waals surface area contributed by atoms with Crippen LogP contribution in [0.4, 0.5) is 29.3 Å². The number of nitrogens with two attached hydrogens (primary N) is 1. The smallest absolute Gasteiger partial charge is 0.410 e. The Morgan fingerprint density at radius 1 is 1.46 bits per heavy atom. The van der Waals surface area contributed by atoms with Crippen LogP contribution in [0.15, 0.2) is 18.2 Å². The number of nitrogen functional groups attached to an aromatic ring is 1. The van der Waals surface area contributed by atoms with E-state index in [-0.39, 0.29) is 12.2 Å². The number of nitrogens with one attached hydrogen (secondary N) is 1. The van der Waals surface area contributed by atoms with Crippen LogP contribution in [0.25, 0.3) is 0 Å². The lowest BCUT2D eigenvalue weighted by Crippen LogP contribution is -2.43. The maximum Gasteiger partial charge on any atom is 0.410 e. The molecule has 0 aliphatic carbocycles. The molecule has 8 heteroatoms. The molecule has 0 radical (unpaired) electrons. The second kappa shape index (κ2) is 6.41. The number of anilines is 2. The molecule has 0 aromatic heterocycles. The van der Waals surface area contributed by atoms with Crippen LogP contribution in [-0.4, -0.2) is 41.6 Å². The summed E-state index contributed by atoms with van der Waals surface area (Å²) in [5, 5.41) is 2.89. The number of ether oxygens (including phenoxy) is 1. The van der Waals surface area contributed by atoms with Gasteiger partial charge in [0, 0.05) is 13.0 Å². The van der Waals surface area contributed by atoms with Gasteiger partial charge < -0.3 is 15.8 Å². The molecule has 1 aromatic carbocycles. The maximum atomic E-state index is 13.7. The van der Waals surface area contributed by atoms with Gasteiger partial charge in [0.15, 0.2) is 0 Å². The summed E-state index contributed by atoms with van der Waals surface area (Å²) >= 11 is 0. The van der Waals surface area contributed by atoms with Gasteiger partial charge >= 0.3 is 6.09 Å². The molecule has 1 atom stereocenters. The van der Waals surface area contributed by atoms with Crippen LogP contribution in [0, 0.1) is 5.82 Å². The molecule has 1 aliphatic heterocycles. The molecule has 1 saturated heterocycles. The lowest BCUT2D eigenvalue weighted by atomic mass is 10.1. The highest BCUT2D eigenvalue weighted by molar-refractivity contribution is 5.70. The van der Waals surface area contributed by atoms with E-state index in [0.717, 1.165) is 11.0 Å². The van der Waals surface area contributed by atoms with Crippen LogP contribution in [-0.2, 0) is 4.74 Å². The molecule has 0 spiro atoms. The van der Waals surface area contributed by atoms with Crippen LogP contribution in [0.5, 0.6) is 0 Å². The average Bonchev–Trinajstić information content (AvgIpc) is 2.71. The third-order valence-corrected chi connectivity index (χ3v) is 3.55. The van der Waals surface area contributed by atoms with Crippen LogP contribution in [0.1, 0.15) is 27.2 Å². The van der Waals surface area contributed by atoms with Gasteiger partial charge in [0.05, 0.1) is 24.0 Å². The minimum Gasteiger partial charge on any atom is -0.444 e. The molecular formula is C16H22F3N3O2. The van der Waals surface area contributed by atoms with Gasteiger partial charge in [-0.05, 0) is 39.0 Å². The number of rotatable bonds is 3. The molecule has 1 heterocycles. The standard InChI is InChI=1S/C16H22F3N3O2/c1-15(2,3)24-14(23)22-9-16(18,19)7-11(22)8-21-13-5-4-10(17)6-12(13)20/h4-6,11,21H,7-9,20H2,1-3H3/t11-/m0/s1. The largest absolute Gasteiger partial charge is 0.444 e.